The SMILES string of the molecule is O=C(CN1CC2CNCC2C1)NNc1ccccn1. The number of nitrogens with one attached hydrogen (secondary N) is 3. The van der Waals surface area contributed by atoms with E-state index < -0.39 is 0 Å². The molecule has 2 fully saturated rings. The van der Waals surface area contributed by atoms with Gasteiger partial charge in [-0.3, -0.25) is 20.5 Å². The predicted octanol–water partition coefficient (Wildman–Crippen LogP) is -0.324. The molecule has 0 saturated carbocycles. The first kappa shape index (κ1) is 12.4. The average molecular weight is 261 g/mol. The predicted molar refractivity (Wildman–Crippen MR) is 72.3 cm³/mol. The van der Waals surface area contributed by atoms with Gasteiger partial charge in [-0.05, 0) is 37.1 Å². The van der Waals surface area contributed by atoms with Crippen LogP contribution in [0.3, 0.4) is 0 Å². The van der Waals surface area contributed by atoms with Crippen molar-refractivity contribution < 1.29 is 4.79 Å². The second kappa shape index (κ2) is 5.54. The Morgan fingerprint density at radius 1 is 1.37 bits per heavy atom. The van der Waals surface area contributed by atoms with Gasteiger partial charge in [0.05, 0.1) is 6.54 Å². The summed E-state index contributed by atoms with van der Waals surface area (Å²) in [6, 6.07) is 5.52. The topological polar surface area (TPSA) is 69.3 Å². The van der Waals surface area contributed by atoms with Crippen molar-refractivity contribution in [2.75, 3.05) is 38.1 Å². The Balaban J connectivity index is 1.42. The van der Waals surface area contributed by atoms with Crippen LogP contribution < -0.4 is 16.2 Å². The molecule has 102 valence electrons. The lowest BCUT2D eigenvalue weighted by molar-refractivity contribution is -0.121. The third kappa shape index (κ3) is 3.02. The fourth-order valence-electron chi connectivity index (χ4n) is 2.89. The normalized spacial score (nSPS) is 26.1. The molecule has 1 amide bonds. The third-order valence-corrected chi connectivity index (χ3v) is 3.83. The van der Waals surface area contributed by atoms with Gasteiger partial charge in [0, 0.05) is 19.3 Å². The van der Waals surface area contributed by atoms with E-state index in [-0.39, 0.29) is 5.91 Å². The minimum absolute atomic E-state index is 0.0152. The largest absolute Gasteiger partial charge is 0.316 e. The fourth-order valence-corrected chi connectivity index (χ4v) is 2.89. The van der Waals surface area contributed by atoms with E-state index in [0.29, 0.717) is 12.4 Å². The Hall–Kier alpha value is -1.66. The van der Waals surface area contributed by atoms with E-state index in [4.69, 9.17) is 0 Å². The van der Waals surface area contributed by atoms with E-state index >= 15 is 0 Å². The Labute approximate surface area is 112 Å². The lowest BCUT2D eigenvalue weighted by Crippen LogP contribution is -2.39. The number of fused-ring (bicyclic) bond motifs is 1. The van der Waals surface area contributed by atoms with Crippen molar-refractivity contribution in [3.63, 3.8) is 0 Å². The molecule has 3 N–H and O–H groups in total. The Bertz CT molecular complexity index is 426. The van der Waals surface area contributed by atoms with Crippen LogP contribution in [-0.4, -0.2) is 48.5 Å². The number of anilines is 1. The van der Waals surface area contributed by atoms with Gasteiger partial charge in [0.25, 0.3) is 5.91 Å². The molecule has 0 spiro atoms. The highest BCUT2D eigenvalue weighted by atomic mass is 16.2. The summed E-state index contributed by atoms with van der Waals surface area (Å²) in [5.41, 5.74) is 5.50. The number of pyridine rings is 1. The van der Waals surface area contributed by atoms with Gasteiger partial charge < -0.3 is 5.32 Å². The van der Waals surface area contributed by atoms with Crippen LogP contribution in [0.25, 0.3) is 0 Å². The summed E-state index contributed by atoms with van der Waals surface area (Å²) in [6.45, 7) is 4.68. The Morgan fingerprint density at radius 3 is 2.84 bits per heavy atom. The monoisotopic (exact) mass is 261 g/mol. The van der Waals surface area contributed by atoms with Gasteiger partial charge in [0.15, 0.2) is 0 Å². The Morgan fingerprint density at radius 2 is 2.16 bits per heavy atom. The number of rotatable bonds is 4. The smallest absolute Gasteiger partial charge is 0.252 e. The lowest BCUT2D eigenvalue weighted by Gasteiger charge is -2.16. The van der Waals surface area contributed by atoms with E-state index in [0.717, 1.165) is 38.0 Å². The van der Waals surface area contributed by atoms with Crippen LogP contribution in [0, 0.1) is 11.8 Å². The van der Waals surface area contributed by atoms with Crippen molar-refractivity contribution in [1.29, 1.82) is 0 Å². The molecule has 6 nitrogen and oxygen atoms in total. The van der Waals surface area contributed by atoms with E-state index in [1.54, 1.807) is 6.20 Å². The van der Waals surface area contributed by atoms with Crippen LogP contribution in [0.15, 0.2) is 24.4 Å². The van der Waals surface area contributed by atoms with Crippen molar-refractivity contribution in [3.8, 4) is 0 Å². The maximum absolute atomic E-state index is 11.8. The van der Waals surface area contributed by atoms with Crippen LogP contribution >= 0.6 is 0 Å². The number of nitrogens with zero attached hydrogens (tertiary/aromatic N) is 2. The molecule has 0 aliphatic carbocycles. The van der Waals surface area contributed by atoms with E-state index in [2.05, 4.69) is 26.1 Å². The van der Waals surface area contributed by atoms with Crippen molar-refractivity contribution in [3.05, 3.63) is 24.4 Å². The first-order valence-electron chi connectivity index (χ1n) is 6.70. The number of amides is 1. The molecule has 6 heteroatoms. The minimum Gasteiger partial charge on any atom is -0.316 e. The lowest BCUT2D eigenvalue weighted by atomic mass is 10.0. The quantitative estimate of drug-likeness (QED) is 0.648. The van der Waals surface area contributed by atoms with E-state index in [1.165, 1.54) is 0 Å². The number of aromatic nitrogens is 1. The average Bonchev–Trinajstić information content (AvgIpc) is 2.98. The van der Waals surface area contributed by atoms with Gasteiger partial charge in [-0.15, -0.1) is 0 Å². The number of likely N-dealkylation sites (tertiary alicyclic amines) is 1. The molecule has 2 atom stereocenters. The number of hydrogen-bond acceptors (Lipinski definition) is 5. The van der Waals surface area contributed by atoms with Gasteiger partial charge in [0.1, 0.15) is 5.82 Å². The summed E-state index contributed by atoms with van der Waals surface area (Å²) in [7, 11) is 0. The first-order chi connectivity index (χ1) is 9.31. The van der Waals surface area contributed by atoms with Crippen molar-refractivity contribution >= 4 is 11.7 Å². The number of carbonyl (C=O) groups excluding carboxylic acids is 1. The number of hydrazine groups is 1. The van der Waals surface area contributed by atoms with Gasteiger partial charge in [-0.2, -0.15) is 0 Å². The summed E-state index contributed by atoms with van der Waals surface area (Å²) in [5, 5.41) is 3.40. The van der Waals surface area contributed by atoms with E-state index in [9.17, 15) is 4.79 Å². The molecule has 1 aromatic rings. The number of carbonyl (C=O) groups is 1. The summed E-state index contributed by atoms with van der Waals surface area (Å²) < 4.78 is 0. The highest BCUT2D eigenvalue weighted by Gasteiger charge is 2.36. The second-order valence-corrected chi connectivity index (χ2v) is 5.26. The summed E-state index contributed by atoms with van der Waals surface area (Å²) in [5.74, 6) is 2.07. The van der Waals surface area contributed by atoms with E-state index in [1.807, 2.05) is 18.2 Å². The molecule has 2 aliphatic heterocycles. The molecular formula is C13H19N5O. The summed E-state index contributed by atoms with van der Waals surface area (Å²) in [6.07, 6.45) is 1.68. The molecule has 2 saturated heterocycles. The standard InChI is InChI=1S/C13H19N5O/c19-13(17-16-12-3-1-2-4-15-12)9-18-7-10-5-14-6-11(10)8-18/h1-4,10-11,14H,5-9H2,(H,15,16)(H,17,19). The zero-order valence-electron chi connectivity index (χ0n) is 10.8. The highest BCUT2D eigenvalue weighted by Crippen LogP contribution is 2.25. The molecule has 2 aliphatic rings. The van der Waals surface area contributed by atoms with Crippen LogP contribution in [0.2, 0.25) is 0 Å². The second-order valence-electron chi connectivity index (χ2n) is 5.26. The first-order valence-corrected chi connectivity index (χ1v) is 6.70. The zero-order chi connectivity index (χ0) is 13.1. The molecule has 2 unspecified atom stereocenters. The van der Waals surface area contributed by atoms with Crippen LogP contribution in [0.5, 0.6) is 0 Å². The minimum atomic E-state index is -0.0152. The van der Waals surface area contributed by atoms with Crippen molar-refractivity contribution in [1.82, 2.24) is 20.6 Å². The van der Waals surface area contributed by atoms with Crippen molar-refractivity contribution in [2.45, 2.75) is 0 Å². The fraction of sp³-hybridized carbons (Fsp3) is 0.538. The van der Waals surface area contributed by atoms with Gasteiger partial charge in [0.2, 0.25) is 0 Å². The van der Waals surface area contributed by atoms with Crippen molar-refractivity contribution in [2.24, 2.45) is 11.8 Å². The van der Waals surface area contributed by atoms with Crippen LogP contribution in [-0.2, 0) is 4.79 Å². The van der Waals surface area contributed by atoms with Gasteiger partial charge >= 0.3 is 0 Å². The zero-order valence-corrected chi connectivity index (χ0v) is 10.8. The van der Waals surface area contributed by atoms with Crippen LogP contribution in [0.4, 0.5) is 5.82 Å². The van der Waals surface area contributed by atoms with Crippen LogP contribution in [0.1, 0.15) is 0 Å². The summed E-state index contributed by atoms with van der Waals surface area (Å²) >= 11 is 0. The Kier molecular flexibility index (Phi) is 3.61. The highest BCUT2D eigenvalue weighted by molar-refractivity contribution is 5.79. The van der Waals surface area contributed by atoms with Gasteiger partial charge in [-0.25, -0.2) is 4.98 Å². The third-order valence-electron chi connectivity index (χ3n) is 3.83. The maximum atomic E-state index is 11.8. The molecule has 0 radical (unpaired) electrons. The number of hydrogen-bond donors (Lipinski definition) is 3. The maximum Gasteiger partial charge on any atom is 0.252 e. The molecular weight excluding hydrogens is 242 g/mol. The van der Waals surface area contributed by atoms with Gasteiger partial charge in [-0.1, -0.05) is 6.07 Å². The molecule has 3 rings (SSSR count). The molecule has 0 aromatic carbocycles. The molecule has 19 heavy (non-hydrogen) atoms. The summed E-state index contributed by atoms with van der Waals surface area (Å²) in [4.78, 5) is 18.1. The molecule has 0 bridgehead atoms. The molecule has 1 aromatic heterocycles. The molecule has 3 heterocycles.